The average Bonchev–Trinajstić information content (AvgIpc) is 2.98. The molecule has 132 valence electrons. The van der Waals surface area contributed by atoms with E-state index in [4.69, 9.17) is 4.74 Å². The summed E-state index contributed by atoms with van der Waals surface area (Å²) in [6, 6.07) is 14.5. The van der Waals surface area contributed by atoms with Crippen molar-refractivity contribution in [2.24, 2.45) is 0 Å². The zero-order valence-electron chi connectivity index (χ0n) is 14.6. The van der Waals surface area contributed by atoms with Crippen LogP contribution < -0.4 is 10.1 Å². The molecule has 1 atom stereocenters. The molecule has 6 nitrogen and oxygen atoms in total. The number of hydrogen-bond acceptors (Lipinski definition) is 4. The predicted octanol–water partition coefficient (Wildman–Crippen LogP) is 3.37. The van der Waals surface area contributed by atoms with Gasteiger partial charge in [-0.15, -0.1) is 0 Å². The summed E-state index contributed by atoms with van der Waals surface area (Å²) in [4.78, 5) is 12.3. The van der Waals surface area contributed by atoms with Gasteiger partial charge in [0.2, 0.25) is 5.91 Å². The third-order valence-corrected chi connectivity index (χ3v) is 4.71. The lowest BCUT2D eigenvalue weighted by Crippen LogP contribution is -2.24. The van der Waals surface area contributed by atoms with E-state index in [-0.39, 0.29) is 17.6 Å². The van der Waals surface area contributed by atoms with Crippen molar-refractivity contribution in [2.75, 3.05) is 12.4 Å². The molecule has 1 amide bonds. The van der Waals surface area contributed by atoms with Crippen molar-refractivity contribution in [1.29, 1.82) is 0 Å². The van der Waals surface area contributed by atoms with Gasteiger partial charge in [-0.1, -0.05) is 12.1 Å². The van der Waals surface area contributed by atoms with Crippen LogP contribution in [0.2, 0.25) is 0 Å². The Bertz CT molecular complexity index is 959. The fraction of sp³-hybridized carbons (Fsp3) is 0.200. The molecule has 4 rings (SSSR count). The van der Waals surface area contributed by atoms with Crippen LogP contribution in [0, 0.1) is 6.92 Å². The lowest BCUT2D eigenvalue weighted by atomic mass is 9.86. The molecule has 0 aliphatic carbocycles. The highest BCUT2D eigenvalue weighted by molar-refractivity contribution is 5.95. The van der Waals surface area contributed by atoms with Crippen LogP contribution in [0.1, 0.15) is 29.2 Å². The third-order valence-electron chi connectivity index (χ3n) is 4.71. The highest BCUT2D eigenvalue weighted by Crippen LogP contribution is 2.40. The van der Waals surface area contributed by atoms with Crippen molar-refractivity contribution in [3.63, 3.8) is 0 Å². The number of ether oxygens (including phenoxy) is 1. The van der Waals surface area contributed by atoms with Crippen LogP contribution in [-0.2, 0) is 4.79 Å². The first-order valence-electron chi connectivity index (χ1n) is 8.39. The molecule has 0 bridgehead atoms. The molecule has 0 saturated carbocycles. The third kappa shape index (κ3) is 2.69. The van der Waals surface area contributed by atoms with E-state index in [9.17, 15) is 9.90 Å². The van der Waals surface area contributed by atoms with Crippen molar-refractivity contribution >= 4 is 11.7 Å². The number of methoxy groups -OCH3 is 1. The summed E-state index contributed by atoms with van der Waals surface area (Å²) < 4.78 is 6.96. The Morgan fingerprint density at radius 1 is 1.15 bits per heavy atom. The molecule has 1 aliphatic heterocycles. The molecule has 0 radical (unpaired) electrons. The summed E-state index contributed by atoms with van der Waals surface area (Å²) in [6.07, 6.45) is 0.354. The average molecular weight is 349 g/mol. The summed E-state index contributed by atoms with van der Waals surface area (Å²) in [5.41, 5.74) is 3.71. The Morgan fingerprint density at radius 2 is 1.85 bits per heavy atom. The summed E-state index contributed by atoms with van der Waals surface area (Å²) >= 11 is 0. The van der Waals surface area contributed by atoms with Crippen molar-refractivity contribution in [2.45, 2.75) is 19.3 Å². The number of phenolic OH excluding ortho intramolecular Hbond substituents is 1. The van der Waals surface area contributed by atoms with Crippen LogP contribution in [0.4, 0.5) is 5.82 Å². The van der Waals surface area contributed by atoms with Crippen LogP contribution in [0.5, 0.6) is 11.5 Å². The Hall–Kier alpha value is -3.28. The number of carbonyl (C=O) groups excluding carboxylic acids is 1. The van der Waals surface area contributed by atoms with E-state index < -0.39 is 0 Å². The number of rotatable bonds is 3. The number of carbonyl (C=O) groups is 1. The second-order valence-corrected chi connectivity index (χ2v) is 6.35. The second-order valence-electron chi connectivity index (χ2n) is 6.35. The van der Waals surface area contributed by atoms with Crippen molar-refractivity contribution < 1.29 is 14.6 Å². The summed E-state index contributed by atoms with van der Waals surface area (Å²) in [5, 5.41) is 17.2. The highest BCUT2D eigenvalue weighted by atomic mass is 16.5. The molecule has 3 aromatic rings. The standard InChI is InChI=1S/C20H19N3O3/c1-12-19-17(13-3-7-15(24)8-4-13)11-18(25)21-20(19)23(22-12)14-5-9-16(26-2)10-6-14/h3-10,17,24H,11H2,1-2H3,(H,21,25). The zero-order valence-corrected chi connectivity index (χ0v) is 14.6. The van der Waals surface area contributed by atoms with Crippen LogP contribution >= 0.6 is 0 Å². The number of nitrogens with one attached hydrogen (secondary N) is 1. The van der Waals surface area contributed by atoms with E-state index in [1.807, 2.05) is 43.3 Å². The Balaban J connectivity index is 1.82. The predicted molar refractivity (Wildman–Crippen MR) is 98.0 cm³/mol. The van der Waals surface area contributed by atoms with E-state index in [1.54, 1.807) is 23.9 Å². The maximum absolute atomic E-state index is 12.3. The quantitative estimate of drug-likeness (QED) is 0.760. The summed E-state index contributed by atoms with van der Waals surface area (Å²) in [7, 11) is 1.62. The Morgan fingerprint density at radius 3 is 2.50 bits per heavy atom. The molecule has 1 unspecified atom stereocenters. The first-order chi connectivity index (χ1) is 12.6. The lowest BCUT2D eigenvalue weighted by Gasteiger charge is -2.24. The lowest BCUT2D eigenvalue weighted by molar-refractivity contribution is -0.116. The number of aryl methyl sites for hydroxylation is 1. The van der Waals surface area contributed by atoms with Gasteiger partial charge in [0.15, 0.2) is 0 Å². The minimum atomic E-state index is -0.0913. The van der Waals surface area contributed by atoms with Crippen molar-refractivity contribution in [3.8, 4) is 17.2 Å². The normalized spacial score (nSPS) is 16.1. The molecule has 2 aromatic carbocycles. The van der Waals surface area contributed by atoms with E-state index in [0.717, 1.165) is 28.3 Å². The molecule has 0 spiro atoms. The smallest absolute Gasteiger partial charge is 0.226 e. The van der Waals surface area contributed by atoms with Gasteiger partial charge in [0, 0.05) is 17.9 Å². The molecular weight excluding hydrogens is 330 g/mol. The van der Waals surface area contributed by atoms with Crippen molar-refractivity contribution in [1.82, 2.24) is 9.78 Å². The first-order valence-corrected chi connectivity index (χ1v) is 8.39. The van der Waals surface area contributed by atoms with Gasteiger partial charge in [-0.2, -0.15) is 5.10 Å². The van der Waals surface area contributed by atoms with Gasteiger partial charge in [0.1, 0.15) is 17.3 Å². The number of amides is 1. The van der Waals surface area contributed by atoms with Gasteiger partial charge in [-0.05, 0) is 48.9 Å². The molecule has 2 N–H and O–H groups in total. The van der Waals surface area contributed by atoms with Crippen LogP contribution in [0.3, 0.4) is 0 Å². The molecule has 0 fully saturated rings. The molecule has 0 saturated heterocycles. The van der Waals surface area contributed by atoms with Gasteiger partial charge in [-0.25, -0.2) is 4.68 Å². The molecule has 26 heavy (non-hydrogen) atoms. The number of nitrogens with zero attached hydrogens (tertiary/aromatic N) is 2. The van der Waals surface area contributed by atoms with E-state index in [2.05, 4.69) is 10.4 Å². The maximum Gasteiger partial charge on any atom is 0.226 e. The minimum Gasteiger partial charge on any atom is -0.508 e. The minimum absolute atomic E-state index is 0.0507. The van der Waals surface area contributed by atoms with Gasteiger partial charge < -0.3 is 15.2 Å². The Kier molecular flexibility index (Phi) is 3.88. The van der Waals surface area contributed by atoms with Gasteiger partial charge in [0.25, 0.3) is 0 Å². The maximum atomic E-state index is 12.3. The van der Waals surface area contributed by atoms with E-state index in [0.29, 0.717) is 12.2 Å². The fourth-order valence-electron chi connectivity index (χ4n) is 3.45. The number of phenols is 1. The van der Waals surface area contributed by atoms with Gasteiger partial charge >= 0.3 is 0 Å². The monoisotopic (exact) mass is 349 g/mol. The molecule has 1 aromatic heterocycles. The number of aromatic nitrogens is 2. The number of aromatic hydroxyl groups is 1. The molecular formula is C20H19N3O3. The summed E-state index contributed by atoms with van der Waals surface area (Å²) in [6.45, 7) is 1.95. The van der Waals surface area contributed by atoms with E-state index in [1.165, 1.54) is 0 Å². The molecule has 2 heterocycles. The fourth-order valence-corrected chi connectivity index (χ4v) is 3.45. The molecule has 6 heteroatoms. The first kappa shape index (κ1) is 16.2. The van der Waals surface area contributed by atoms with Crippen LogP contribution in [0.15, 0.2) is 48.5 Å². The van der Waals surface area contributed by atoms with Crippen LogP contribution in [-0.4, -0.2) is 27.9 Å². The van der Waals surface area contributed by atoms with Crippen LogP contribution in [0.25, 0.3) is 5.69 Å². The summed E-state index contributed by atoms with van der Waals surface area (Å²) in [5.74, 6) is 1.52. The number of hydrogen-bond donors (Lipinski definition) is 2. The Labute approximate surface area is 151 Å². The number of fused-ring (bicyclic) bond motifs is 1. The SMILES string of the molecule is COc1ccc(-n2nc(C)c3c2NC(=O)CC3c2ccc(O)cc2)cc1. The van der Waals surface area contributed by atoms with E-state index >= 15 is 0 Å². The molecule has 1 aliphatic rings. The second kappa shape index (κ2) is 6.22. The number of anilines is 1. The topological polar surface area (TPSA) is 76.4 Å². The zero-order chi connectivity index (χ0) is 18.3. The van der Waals surface area contributed by atoms with Gasteiger partial charge in [0.05, 0.1) is 18.5 Å². The van der Waals surface area contributed by atoms with Gasteiger partial charge in [-0.3, -0.25) is 4.79 Å². The number of benzene rings is 2. The van der Waals surface area contributed by atoms with Crippen molar-refractivity contribution in [3.05, 3.63) is 65.4 Å². The highest BCUT2D eigenvalue weighted by Gasteiger charge is 2.32. The largest absolute Gasteiger partial charge is 0.508 e.